The molecule has 1 aromatic heterocycles. The van der Waals surface area contributed by atoms with Crippen LogP contribution in [0.15, 0.2) is 42.5 Å². The van der Waals surface area contributed by atoms with E-state index in [-0.39, 0.29) is 11.9 Å². The maximum atomic E-state index is 12.7. The van der Waals surface area contributed by atoms with E-state index < -0.39 is 0 Å². The van der Waals surface area contributed by atoms with Crippen molar-refractivity contribution in [2.45, 2.75) is 18.9 Å². The summed E-state index contributed by atoms with van der Waals surface area (Å²) in [4.78, 5) is 18.6. The number of carbonyl (C=O) groups excluding carboxylic acids is 1. The molecule has 0 aliphatic carbocycles. The molecule has 1 aromatic carbocycles. The summed E-state index contributed by atoms with van der Waals surface area (Å²) in [6, 6.07) is 12.8. The number of aromatic nitrogens is 1. The number of pyridine rings is 1. The van der Waals surface area contributed by atoms with Crippen LogP contribution >= 0.6 is 23.2 Å². The second-order valence-corrected chi connectivity index (χ2v) is 5.82. The predicted molar refractivity (Wildman–Crippen MR) is 83.7 cm³/mol. The summed E-state index contributed by atoms with van der Waals surface area (Å²) < 4.78 is 0. The minimum atomic E-state index is -0.0973. The third-order valence-corrected chi connectivity index (χ3v) is 4.27. The largest absolute Gasteiger partial charge is 0.330 e. The second kappa shape index (κ2) is 6.04. The molecule has 1 fully saturated rings. The maximum Gasteiger partial charge on any atom is 0.273 e. The summed E-state index contributed by atoms with van der Waals surface area (Å²) in [6.45, 7) is 0.711. The molecule has 0 N–H and O–H groups in total. The summed E-state index contributed by atoms with van der Waals surface area (Å²) in [5, 5.41) is 1.02. The summed E-state index contributed by atoms with van der Waals surface area (Å²) in [7, 11) is 0. The van der Waals surface area contributed by atoms with Crippen LogP contribution in [0.3, 0.4) is 0 Å². The van der Waals surface area contributed by atoms with Gasteiger partial charge in [-0.05, 0) is 36.6 Å². The topological polar surface area (TPSA) is 33.2 Å². The first-order valence-electron chi connectivity index (χ1n) is 6.85. The van der Waals surface area contributed by atoms with Gasteiger partial charge in [-0.1, -0.05) is 47.5 Å². The summed E-state index contributed by atoms with van der Waals surface area (Å²) >= 11 is 12.1. The number of likely N-dealkylation sites (tertiary alicyclic amines) is 1. The van der Waals surface area contributed by atoms with E-state index in [1.54, 1.807) is 18.2 Å². The van der Waals surface area contributed by atoms with Crippen molar-refractivity contribution in [1.29, 1.82) is 0 Å². The van der Waals surface area contributed by atoms with Gasteiger partial charge in [-0.2, -0.15) is 0 Å². The molecule has 1 atom stereocenters. The molecule has 3 rings (SSSR count). The molecular weight excluding hydrogens is 307 g/mol. The summed E-state index contributed by atoms with van der Waals surface area (Å²) in [5.41, 5.74) is 1.37. The molecule has 1 aliphatic rings. The lowest BCUT2D eigenvalue weighted by atomic mass is 10.0. The van der Waals surface area contributed by atoms with E-state index in [1.807, 2.05) is 29.2 Å². The first-order valence-corrected chi connectivity index (χ1v) is 7.60. The van der Waals surface area contributed by atoms with Gasteiger partial charge in [-0.25, -0.2) is 4.98 Å². The van der Waals surface area contributed by atoms with Crippen LogP contribution < -0.4 is 0 Å². The van der Waals surface area contributed by atoms with Gasteiger partial charge in [0.05, 0.1) is 6.04 Å². The molecular formula is C16H14Cl2N2O. The molecule has 1 amide bonds. The van der Waals surface area contributed by atoms with Gasteiger partial charge >= 0.3 is 0 Å². The fraction of sp³-hybridized carbons (Fsp3) is 0.250. The Bertz CT molecular complexity index is 675. The number of hydrogen-bond donors (Lipinski definition) is 0. The Kier molecular flexibility index (Phi) is 4.13. The Morgan fingerprint density at radius 2 is 1.95 bits per heavy atom. The normalized spacial score (nSPS) is 18.0. The van der Waals surface area contributed by atoms with Gasteiger partial charge in [0.25, 0.3) is 5.91 Å². The minimum absolute atomic E-state index is 0.00646. The zero-order valence-electron chi connectivity index (χ0n) is 11.3. The molecule has 21 heavy (non-hydrogen) atoms. The molecule has 1 saturated heterocycles. The van der Waals surface area contributed by atoms with Crippen molar-refractivity contribution in [2.75, 3.05) is 6.54 Å². The number of rotatable bonds is 2. The molecule has 3 nitrogen and oxygen atoms in total. The smallest absolute Gasteiger partial charge is 0.273 e. The Balaban J connectivity index is 1.91. The van der Waals surface area contributed by atoms with E-state index in [0.29, 0.717) is 22.4 Å². The van der Waals surface area contributed by atoms with E-state index in [1.165, 1.54) is 0 Å². The highest BCUT2D eigenvalue weighted by Crippen LogP contribution is 2.36. The molecule has 0 saturated carbocycles. The highest BCUT2D eigenvalue weighted by Gasteiger charge is 2.32. The fourth-order valence-electron chi connectivity index (χ4n) is 2.75. The van der Waals surface area contributed by atoms with Crippen molar-refractivity contribution in [3.63, 3.8) is 0 Å². The van der Waals surface area contributed by atoms with Crippen LogP contribution in [0.1, 0.15) is 34.9 Å². The van der Waals surface area contributed by atoms with Gasteiger partial charge in [-0.3, -0.25) is 4.79 Å². The highest BCUT2D eigenvalue weighted by atomic mass is 35.5. The van der Waals surface area contributed by atoms with E-state index >= 15 is 0 Å². The van der Waals surface area contributed by atoms with Crippen molar-refractivity contribution in [3.8, 4) is 0 Å². The van der Waals surface area contributed by atoms with E-state index in [4.69, 9.17) is 23.2 Å². The summed E-state index contributed by atoms with van der Waals surface area (Å²) in [5.74, 6) is -0.0973. The molecule has 2 heterocycles. The van der Waals surface area contributed by atoms with Crippen molar-refractivity contribution >= 4 is 29.1 Å². The number of benzene rings is 1. The van der Waals surface area contributed by atoms with Crippen LogP contribution in [0.5, 0.6) is 0 Å². The minimum Gasteiger partial charge on any atom is -0.330 e. The molecule has 108 valence electrons. The van der Waals surface area contributed by atoms with E-state index in [0.717, 1.165) is 18.4 Å². The van der Waals surface area contributed by atoms with E-state index in [2.05, 4.69) is 4.98 Å². The molecule has 0 bridgehead atoms. The maximum absolute atomic E-state index is 12.7. The molecule has 5 heteroatoms. The van der Waals surface area contributed by atoms with Crippen molar-refractivity contribution in [1.82, 2.24) is 9.88 Å². The lowest BCUT2D eigenvalue weighted by Crippen LogP contribution is -2.31. The number of hydrogen-bond acceptors (Lipinski definition) is 2. The fourth-order valence-corrected chi connectivity index (χ4v) is 3.18. The SMILES string of the molecule is O=C(c1cccc(Cl)n1)N1CCCC1c1ccccc1Cl. The molecule has 2 aromatic rings. The summed E-state index contributed by atoms with van der Waals surface area (Å²) in [6.07, 6.45) is 1.87. The van der Waals surface area contributed by atoms with Gasteiger partial charge in [0, 0.05) is 11.6 Å². The predicted octanol–water partition coefficient (Wildman–Crippen LogP) is 4.37. The lowest BCUT2D eigenvalue weighted by Gasteiger charge is -2.25. The number of nitrogens with zero attached hydrogens (tertiary/aromatic N) is 2. The molecule has 1 aliphatic heterocycles. The van der Waals surface area contributed by atoms with Crippen LogP contribution in [0.4, 0.5) is 0 Å². The van der Waals surface area contributed by atoms with Gasteiger partial charge in [0.15, 0.2) is 0 Å². The molecule has 0 spiro atoms. The Hall–Kier alpha value is -1.58. The Morgan fingerprint density at radius 1 is 1.14 bits per heavy atom. The monoisotopic (exact) mass is 320 g/mol. The Morgan fingerprint density at radius 3 is 2.71 bits per heavy atom. The third-order valence-electron chi connectivity index (χ3n) is 3.71. The van der Waals surface area contributed by atoms with E-state index in [9.17, 15) is 4.79 Å². The quantitative estimate of drug-likeness (QED) is 0.770. The van der Waals surface area contributed by atoms with Crippen LogP contribution in [0.25, 0.3) is 0 Å². The second-order valence-electron chi connectivity index (χ2n) is 5.02. The van der Waals surface area contributed by atoms with Crippen molar-refractivity contribution < 1.29 is 4.79 Å². The molecule has 1 unspecified atom stereocenters. The van der Waals surface area contributed by atoms with Crippen molar-refractivity contribution in [3.05, 3.63) is 63.9 Å². The highest BCUT2D eigenvalue weighted by molar-refractivity contribution is 6.31. The third kappa shape index (κ3) is 2.89. The van der Waals surface area contributed by atoms with Gasteiger partial charge < -0.3 is 4.90 Å². The van der Waals surface area contributed by atoms with Gasteiger partial charge in [0.1, 0.15) is 10.8 Å². The number of halogens is 2. The zero-order valence-corrected chi connectivity index (χ0v) is 12.8. The van der Waals surface area contributed by atoms with Crippen LogP contribution in [0, 0.1) is 0 Å². The lowest BCUT2D eigenvalue weighted by molar-refractivity contribution is 0.0730. The van der Waals surface area contributed by atoms with Crippen molar-refractivity contribution in [2.24, 2.45) is 0 Å². The van der Waals surface area contributed by atoms with Gasteiger partial charge in [-0.15, -0.1) is 0 Å². The first kappa shape index (κ1) is 14.4. The first-order chi connectivity index (χ1) is 10.2. The Labute approximate surface area is 133 Å². The van der Waals surface area contributed by atoms with Crippen LogP contribution in [-0.2, 0) is 0 Å². The van der Waals surface area contributed by atoms with Crippen LogP contribution in [0.2, 0.25) is 10.2 Å². The standard InChI is InChI=1S/C16H14Cl2N2O/c17-12-6-2-1-5-11(12)14-8-4-10-20(14)16(21)13-7-3-9-15(18)19-13/h1-3,5-7,9,14H,4,8,10H2. The number of carbonyl (C=O) groups is 1. The zero-order chi connectivity index (χ0) is 14.8. The average molecular weight is 321 g/mol. The average Bonchev–Trinajstić information content (AvgIpc) is 2.96. The van der Waals surface area contributed by atoms with Crippen LogP contribution in [-0.4, -0.2) is 22.3 Å². The number of amides is 1. The molecule has 0 radical (unpaired) electrons. The van der Waals surface area contributed by atoms with Gasteiger partial charge in [0.2, 0.25) is 0 Å².